The Bertz CT molecular complexity index is 529. The van der Waals surface area contributed by atoms with Crippen molar-refractivity contribution in [3.05, 3.63) is 27.9 Å². The van der Waals surface area contributed by atoms with Crippen molar-refractivity contribution in [2.75, 3.05) is 18.0 Å². The Morgan fingerprint density at radius 2 is 2.16 bits per heavy atom. The summed E-state index contributed by atoms with van der Waals surface area (Å²) in [5.41, 5.74) is 0.0898. The van der Waals surface area contributed by atoms with E-state index in [-0.39, 0.29) is 23.3 Å². The van der Waals surface area contributed by atoms with E-state index >= 15 is 0 Å². The number of anilines is 1. The summed E-state index contributed by atoms with van der Waals surface area (Å²) in [7, 11) is 0. The van der Waals surface area contributed by atoms with Crippen LogP contribution in [0, 0.1) is 21.4 Å². The van der Waals surface area contributed by atoms with Crippen LogP contribution in [0.5, 0.6) is 0 Å². The second kappa shape index (κ2) is 5.20. The lowest BCUT2D eigenvalue weighted by Gasteiger charge is -2.37. The van der Waals surface area contributed by atoms with E-state index in [1.165, 1.54) is 12.3 Å². The summed E-state index contributed by atoms with van der Waals surface area (Å²) < 4.78 is 0. The lowest BCUT2D eigenvalue weighted by Crippen LogP contribution is -2.54. The number of nitro groups is 1. The number of aromatic nitrogens is 1. The van der Waals surface area contributed by atoms with Crippen LogP contribution in [0.25, 0.3) is 0 Å². The molecule has 2 rings (SSSR count). The third-order valence-corrected chi connectivity index (χ3v) is 3.04. The van der Waals surface area contributed by atoms with Gasteiger partial charge in [-0.2, -0.15) is 5.26 Å². The lowest BCUT2D eigenvalue weighted by molar-refractivity contribution is -0.385. The highest BCUT2D eigenvalue weighted by Gasteiger charge is 2.25. The van der Waals surface area contributed by atoms with E-state index in [2.05, 4.69) is 24.1 Å². The first-order chi connectivity index (χ1) is 9.01. The molecule has 0 aliphatic carbocycles. The molecule has 7 heteroatoms. The van der Waals surface area contributed by atoms with Gasteiger partial charge in [-0.1, -0.05) is 0 Å². The van der Waals surface area contributed by atoms with Crippen LogP contribution in [0.3, 0.4) is 0 Å². The molecule has 7 nitrogen and oxygen atoms in total. The van der Waals surface area contributed by atoms with Gasteiger partial charge in [0.15, 0.2) is 0 Å². The van der Waals surface area contributed by atoms with Crippen molar-refractivity contribution in [3.8, 4) is 6.07 Å². The maximum absolute atomic E-state index is 10.7. The van der Waals surface area contributed by atoms with Gasteiger partial charge < -0.3 is 10.2 Å². The molecule has 0 bridgehead atoms. The van der Waals surface area contributed by atoms with Gasteiger partial charge in [-0.25, -0.2) is 4.98 Å². The molecule has 0 radical (unpaired) electrons. The van der Waals surface area contributed by atoms with Crippen LogP contribution < -0.4 is 10.2 Å². The standard InChI is InChI=1S/C12H15N5O2/c1-8-6-16(7-9(2)15-8)12-10(4-13)3-11(5-14-12)17(18)19/h3,5,8-9,15H,6-7H2,1-2H3. The molecule has 1 fully saturated rings. The summed E-state index contributed by atoms with van der Waals surface area (Å²) in [4.78, 5) is 16.2. The van der Waals surface area contributed by atoms with Crippen LogP contribution in [0.15, 0.2) is 12.3 Å². The van der Waals surface area contributed by atoms with Gasteiger partial charge in [-0.05, 0) is 13.8 Å². The molecular formula is C12H15N5O2. The highest BCUT2D eigenvalue weighted by atomic mass is 16.6. The first kappa shape index (κ1) is 13.2. The fraction of sp³-hybridized carbons (Fsp3) is 0.500. The summed E-state index contributed by atoms with van der Waals surface area (Å²) in [6.45, 7) is 5.56. The molecule has 1 N–H and O–H groups in total. The topological polar surface area (TPSA) is 95.1 Å². The Morgan fingerprint density at radius 1 is 1.53 bits per heavy atom. The third-order valence-electron chi connectivity index (χ3n) is 3.04. The number of hydrogen-bond donors (Lipinski definition) is 1. The summed E-state index contributed by atoms with van der Waals surface area (Å²) in [6.07, 6.45) is 1.20. The molecule has 0 spiro atoms. The fourth-order valence-electron chi connectivity index (χ4n) is 2.38. The second-order valence-corrected chi connectivity index (χ2v) is 4.81. The molecule has 2 heterocycles. The van der Waals surface area contributed by atoms with E-state index in [4.69, 9.17) is 5.26 Å². The number of hydrogen-bond acceptors (Lipinski definition) is 6. The molecule has 1 aliphatic rings. The molecule has 100 valence electrons. The van der Waals surface area contributed by atoms with Gasteiger partial charge in [0.25, 0.3) is 5.69 Å². The van der Waals surface area contributed by atoms with Gasteiger partial charge in [0, 0.05) is 31.2 Å². The van der Waals surface area contributed by atoms with Gasteiger partial charge in [0.1, 0.15) is 23.6 Å². The smallest absolute Gasteiger partial charge is 0.289 e. The van der Waals surface area contributed by atoms with E-state index in [0.717, 1.165) is 13.1 Å². The summed E-state index contributed by atoms with van der Waals surface area (Å²) in [6, 6.07) is 3.84. The number of pyridine rings is 1. The second-order valence-electron chi connectivity index (χ2n) is 4.81. The minimum absolute atomic E-state index is 0.156. The molecule has 0 saturated carbocycles. The zero-order valence-electron chi connectivity index (χ0n) is 10.8. The van der Waals surface area contributed by atoms with Crippen molar-refractivity contribution < 1.29 is 4.92 Å². The monoisotopic (exact) mass is 261 g/mol. The molecule has 1 aromatic rings. The lowest BCUT2D eigenvalue weighted by atomic mass is 10.1. The van der Waals surface area contributed by atoms with E-state index in [0.29, 0.717) is 5.82 Å². The fourth-order valence-corrected chi connectivity index (χ4v) is 2.38. The molecule has 1 saturated heterocycles. The summed E-state index contributed by atoms with van der Waals surface area (Å²) in [5, 5.41) is 23.2. The van der Waals surface area contributed by atoms with E-state index in [1.54, 1.807) is 0 Å². The largest absolute Gasteiger partial charge is 0.352 e. The van der Waals surface area contributed by atoms with Crippen LogP contribution >= 0.6 is 0 Å². The van der Waals surface area contributed by atoms with Crippen LogP contribution in [-0.2, 0) is 0 Å². The van der Waals surface area contributed by atoms with Crippen molar-refractivity contribution in [2.24, 2.45) is 0 Å². The van der Waals surface area contributed by atoms with Crippen LogP contribution in [-0.4, -0.2) is 35.1 Å². The average Bonchev–Trinajstić information content (AvgIpc) is 2.36. The number of nitrogens with zero attached hydrogens (tertiary/aromatic N) is 4. The molecular weight excluding hydrogens is 246 g/mol. The molecule has 2 atom stereocenters. The minimum Gasteiger partial charge on any atom is -0.352 e. The highest BCUT2D eigenvalue weighted by Crippen LogP contribution is 2.23. The third kappa shape index (κ3) is 2.80. The van der Waals surface area contributed by atoms with Crippen molar-refractivity contribution in [2.45, 2.75) is 25.9 Å². The number of piperazine rings is 1. The Kier molecular flexibility index (Phi) is 3.62. The first-order valence-electron chi connectivity index (χ1n) is 6.06. The molecule has 2 unspecified atom stereocenters. The Morgan fingerprint density at radius 3 is 2.68 bits per heavy atom. The van der Waals surface area contributed by atoms with Gasteiger partial charge in [-0.3, -0.25) is 10.1 Å². The van der Waals surface area contributed by atoms with Gasteiger partial charge in [-0.15, -0.1) is 0 Å². The highest BCUT2D eigenvalue weighted by molar-refractivity contribution is 5.57. The zero-order chi connectivity index (χ0) is 14.0. The Balaban J connectivity index is 2.34. The SMILES string of the molecule is CC1CN(c2ncc([N+](=O)[O-])cc2C#N)CC(C)N1. The van der Waals surface area contributed by atoms with Gasteiger partial charge >= 0.3 is 0 Å². The zero-order valence-corrected chi connectivity index (χ0v) is 10.8. The van der Waals surface area contributed by atoms with Crippen molar-refractivity contribution in [3.63, 3.8) is 0 Å². The van der Waals surface area contributed by atoms with Crippen LogP contribution in [0.1, 0.15) is 19.4 Å². The Labute approximate surface area is 111 Å². The van der Waals surface area contributed by atoms with Crippen LogP contribution in [0.4, 0.5) is 11.5 Å². The van der Waals surface area contributed by atoms with Crippen molar-refractivity contribution in [1.82, 2.24) is 10.3 Å². The quantitative estimate of drug-likeness (QED) is 0.631. The number of nitrogens with one attached hydrogen (secondary N) is 1. The maximum atomic E-state index is 10.7. The number of nitriles is 1. The van der Waals surface area contributed by atoms with E-state index in [1.807, 2.05) is 11.0 Å². The van der Waals surface area contributed by atoms with Gasteiger partial charge in [0.2, 0.25) is 0 Å². The van der Waals surface area contributed by atoms with E-state index < -0.39 is 4.92 Å². The van der Waals surface area contributed by atoms with E-state index in [9.17, 15) is 10.1 Å². The molecule has 1 aliphatic heterocycles. The number of rotatable bonds is 2. The minimum atomic E-state index is -0.541. The predicted octanol–water partition coefficient (Wildman–Crippen LogP) is 1.05. The molecule has 1 aromatic heterocycles. The molecule has 0 aromatic carbocycles. The molecule has 0 amide bonds. The maximum Gasteiger partial charge on any atom is 0.289 e. The summed E-state index contributed by atoms with van der Waals surface area (Å²) in [5.74, 6) is 0.522. The van der Waals surface area contributed by atoms with Crippen molar-refractivity contribution in [1.29, 1.82) is 5.26 Å². The van der Waals surface area contributed by atoms with Gasteiger partial charge in [0.05, 0.1) is 4.92 Å². The molecule has 19 heavy (non-hydrogen) atoms. The average molecular weight is 261 g/mol. The summed E-state index contributed by atoms with van der Waals surface area (Å²) >= 11 is 0. The van der Waals surface area contributed by atoms with Crippen LogP contribution in [0.2, 0.25) is 0 Å². The Hall–Kier alpha value is -2.20. The van der Waals surface area contributed by atoms with Crippen molar-refractivity contribution >= 4 is 11.5 Å². The normalized spacial score (nSPS) is 22.9. The predicted molar refractivity (Wildman–Crippen MR) is 69.9 cm³/mol. The first-order valence-corrected chi connectivity index (χ1v) is 6.06.